The van der Waals surface area contributed by atoms with Gasteiger partial charge in [-0.25, -0.2) is 0 Å². The van der Waals surface area contributed by atoms with Gasteiger partial charge in [0.2, 0.25) is 5.91 Å². The zero-order valence-corrected chi connectivity index (χ0v) is 15.3. The molecule has 1 aromatic carbocycles. The zero-order chi connectivity index (χ0) is 15.9. The number of nitrogens with zero attached hydrogens (tertiary/aromatic N) is 2. The number of piperidine rings is 1. The van der Waals surface area contributed by atoms with Crippen LogP contribution in [-0.4, -0.2) is 48.4 Å². The van der Waals surface area contributed by atoms with E-state index in [1.54, 1.807) is 0 Å². The van der Waals surface area contributed by atoms with Gasteiger partial charge in [-0.2, -0.15) is 0 Å². The van der Waals surface area contributed by atoms with Gasteiger partial charge in [0, 0.05) is 31.2 Å². The molecular formula is C17H27Cl2N3O. The molecule has 2 N–H and O–H groups in total. The number of benzene rings is 1. The van der Waals surface area contributed by atoms with Gasteiger partial charge in [-0.15, -0.1) is 12.4 Å². The van der Waals surface area contributed by atoms with Gasteiger partial charge in [-0.1, -0.05) is 23.7 Å². The third kappa shape index (κ3) is 6.68. The lowest BCUT2D eigenvalue weighted by Gasteiger charge is -2.29. The molecule has 4 nitrogen and oxygen atoms in total. The number of carbonyl (C=O) groups excluding carboxylic acids is 1. The van der Waals surface area contributed by atoms with E-state index in [2.05, 4.69) is 4.90 Å². The van der Waals surface area contributed by atoms with Gasteiger partial charge < -0.3 is 15.5 Å². The molecule has 1 atom stereocenters. The van der Waals surface area contributed by atoms with Crippen LogP contribution < -0.4 is 5.73 Å². The lowest BCUT2D eigenvalue weighted by atomic mass is 10.1. The highest BCUT2D eigenvalue weighted by Gasteiger charge is 2.22. The third-order valence-corrected chi connectivity index (χ3v) is 4.42. The van der Waals surface area contributed by atoms with Crippen molar-refractivity contribution in [1.82, 2.24) is 9.80 Å². The number of carbonyl (C=O) groups is 1. The van der Waals surface area contributed by atoms with Gasteiger partial charge in [-0.05, 0) is 50.4 Å². The molecule has 1 heterocycles. The Morgan fingerprint density at radius 2 is 1.87 bits per heavy atom. The number of halogens is 2. The summed E-state index contributed by atoms with van der Waals surface area (Å²) in [4.78, 5) is 16.4. The summed E-state index contributed by atoms with van der Waals surface area (Å²) in [5.41, 5.74) is 7.29. The molecule has 1 aliphatic heterocycles. The van der Waals surface area contributed by atoms with Crippen molar-refractivity contribution in [3.05, 3.63) is 34.9 Å². The summed E-state index contributed by atoms with van der Waals surface area (Å²) in [6.07, 6.45) is 4.13. The van der Waals surface area contributed by atoms with Gasteiger partial charge in [0.15, 0.2) is 0 Å². The molecule has 0 unspecified atom stereocenters. The topological polar surface area (TPSA) is 49.6 Å². The SMILES string of the molecule is CN(CC[C@H](N)C(=O)N1CCCCC1)Cc1ccc(Cl)cc1.Cl. The highest BCUT2D eigenvalue weighted by molar-refractivity contribution is 6.30. The fraction of sp³-hybridized carbons (Fsp3) is 0.588. The number of hydrogen-bond donors (Lipinski definition) is 1. The van der Waals surface area contributed by atoms with Crippen molar-refractivity contribution >= 4 is 29.9 Å². The first-order valence-corrected chi connectivity index (χ1v) is 8.41. The normalized spacial score (nSPS) is 16.1. The van der Waals surface area contributed by atoms with Crippen LogP contribution in [0.1, 0.15) is 31.2 Å². The first kappa shape index (κ1) is 20.2. The van der Waals surface area contributed by atoms with Crippen molar-refractivity contribution in [2.75, 3.05) is 26.7 Å². The molecule has 1 fully saturated rings. The maximum atomic E-state index is 12.3. The van der Waals surface area contributed by atoms with Crippen LogP contribution in [0.2, 0.25) is 5.02 Å². The summed E-state index contributed by atoms with van der Waals surface area (Å²) in [5.74, 6) is 0.111. The van der Waals surface area contributed by atoms with E-state index >= 15 is 0 Å². The molecule has 1 saturated heterocycles. The largest absolute Gasteiger partial charge is 0.341 e. The Hall–Kier alpha value is -0.810. The molecule has 130 valence electrons. The standard InChI is InChI=1S/C17H26ClN3O.ClH/c1-20(13-14-5-7-15(18)8-6-14)12-9-16(19)17(22)21-10-3-2-4-11-21;/h5-8,16H,2-4,9-13,19H2,1H3;1H/t16-;/m0./s1. The van der Waals surface area contributed by atoms with Crippen LogP contribution in [0.3, 0.4) is 0 Å². The fourth-order valence-corrected chi connectivity index (χ4v) is 2.94. The Balaban J connectivity index is 0.00000264. The number of nitrogens with two attached hydrogens (primary N) is 1. The van der Waals surface area contributed by atoms with Crippen molar-refractivity contribution in [2.45, 2.75) is 38.3 Å². The van der Waals surface area contributed by atoms with Crippen molar-refractivity contribution in [3.8, 4) is 0 Å². The summed E-state index contributed by atoms with van der Waals surface area (Å²) in [5, 5.41) is 0.751. The summed E-state index contributed by atoms with van der Waals surface area (Å²) in [7, 11) is 2.05. The number of amides is 1. The minimum Gasteiger partial charge on any atom is -0.341 e. The Morgan fingerprint density at radius 1 is 1.26 bits per heavy atom. The second-order valence-corrected chi connectivity index (χ2v) is 6.58. The fourth-order valence-electron chi connectivity index (χ4n) is 2.81. The number of rotatable bonds is 6. The van der Waals surface area contributed by atoms with Crippen LogP contribution in [0, 0.1) is 0 Å². The molecule has 0 bridgehead atoms. The highest BCUT2D eigenvalue weighted by Crippen LogP contribution is 2.12. The predicted octanol–water partition coefficient (Wildman–Crippen LogP) is 2.92. The predicted molar refractivity (Wildman–Crippen MR) is 98.1 cm³/mol. The molecule has 0 radical (unpaired) electrons. The van der Waals surface area contributed by atoms with E-state index in [1.165, 1.54) is 12.0 Å². The van der Waals surface area contributed by atoms with Crippen molar-refractivity contribution in [1.29, 1.82) is 0 Å². The van der Waals surface area contributed by atoms with E-state index < -0.39 is 0 Å². The molecule has 0 aromatic heterocycles. The molecule has 1 amide bonds. The quantitative estimate of drug-likeness (QED) is 0.849. The lowest BCUT2D eigenvalue weighted by molar-refractivity contribution is -0.133. The van der Waals surface area contributed by atoms with Crippen LogP contribution in [0.15, 0.2) is 24.3 Å². The second kappa shape index (κ2) is 10.1. The van der Waals surface area contributed by atoms with Crippen molar-refractivity contribution < 1.29 is 4.79 Å². The molecule has 23 heavy (non-hydrogen) atoms. The Morgan fingerprint density at radius 3 is 2.48 bits per heavy atom. The van der Waals surface area contributed by atoms with E-state index in [0.29, 0.717) is 6.42 Å². The zero-order valence-electron chi connectivity index (χ0n) is 13.7. The van der Waals surface area contributed by atoms with Gasteiger partial charge in [0.1, 0.15) is 0 Å². The smallest absolute Gasteiger partial charge is 0.239 e. The number of hydrogen-bond acceptors (Lipinski definition) is 3. The highest BCUT2D eigenvalue weighted by atomic mass is 35.5. The Bertz CT molecular complexity index is 475. The van der Waals surface area contributed by atoms with E-state index in [-0.39, 0.29) is 24.4 Å². The van der Waals surface area contributed by atoms with Crippen LogP contribution in [0.25, 0.3) is 0 Å². The molecule has 6 heteroatoms. The first-order valence-electron chi connectivity index (χ1n) is 8.03. The first-order chi connectivity index (χ1) is 10.6. The molecule has 1 aromatic rings. The van der Waals surface area contributed by atoms with Gasteiger partial charge in [0.05, 0.1) is 6.04 Å². The van der Waals surface area contributed by atoms with Crippen LogP contribution in [0.4, 0.5) is 0 Å². The second-order valence-electron chi connectivity index (χ2n) is 6.15. The molecular weight excluding hydrogens is 333 g/mol. The maximum Gasteiger partial charge on any atom is 0.239 e. The van der Waals surface area contributed by atoms with Crippen molar-refractivity contribution in [2.24, 2.45) is 5.73 Å². The molecule has 0 saturated carbocycles. The van der Waals surface area contributed by atoms with E-state index in [0.717, 1.165) is 44.0 Å². The third-order valence-electron chi connectivity index (χ3n) is 4.17. The molecule has 0 spiro atoms. The van der Waals surface area contributed by atoms with E-state index in [1.807, 2.05) is 36.2 Å². The van der Waals surface area contributed by atoms with Crippen LogP contribution >= 0.6 is 24.0 Å². The lowest BCUT2D eigenvalue weighted by Crippen LogP contribution is -2.46. The van der Waals surface area contributed by atoms with Crippen molar-refractivity contribution in [3.63, 3.8) is 0 Å². The van der Waals surface area contributed by atoms with Crippen LogP contribution in [0.5, 0.6) is 0 Å². The van der Waals surface area contributed by atoms with E-state index in [9.17, 15) is 4.79 Å². The van der Waals surface area contributed by atoms with E-state index in [4.69, 9.17) is 17.3 Å². The minimum absolute atomic E-state index is 0. The molecule has 2 rings (SSSR count). The molecule has 1 aliphatic rings. The summed E-state index contributed by atoms with van der Waals surface area (Å²) in [6, 6.07) is 7.47. The molecule has 0 aliphatic carbocycles. The Kier molecular flexibility index (Phi) is 8.92. The minimum atomic E-state index is -0.384. The Labute approximate surface area is 150 Å². The summed E-state index contributed by atoms with van der Waals surface area (Å²) < 4.78 is 0. The summed E-state index contributed by atoms with van der Waals surface area (Å²) >= 11 is 5.89. The average molecular weight is 360 g/mol. The average Bonchev–Trinajstić information content (AvgIpc) is 2.55. The summed E-state index contributed by atoms with van der Waals surface area (Å²) in [6.45, 7) is 3.38. The maximum absolute atomic E-state index is 12.3. The number of likely N-dealkylation sites (tertiary alicyclic amines) is 1. The van der Waals surface area contributed by atoms with Gasteiger partial charge in [-0.3, -0.25) is 4.79 Å². The monoisotopic (exact) mass is 359 g/mol. The van der Waals surface area contributed by atoms with Gasteiger partial charge in [0.25, 0.3) is 0 Å². The van der Waals surface area contributed by atoms with Gasteiger partial charge >= 0.3 is 0 Å². The van der Waals surface area contributed by atoms with Crippen LogP contribution in [-0.2, 0) is 11.3 Å².